The molecule has 0 fully saturated rings. The molecule has 1 aromatic heterocycles. The van der Waals surface area contributed by atoms with Gasteiger partial charge in [-0.1, -0.05) is 69.8 Å². The smallest absolute Gasteiger partial charge is 0.213 e. The molecule has 190 valence electrons. The molecule has 1 heterocycles. The van der Waals surface area contributed by atoms with Gasteiger partial charge in [-0.15, -0.1) is 5.10 Å². The number of anilines is 1. The van der Waals surface area contributed by atoms with Crippen molar-refractivity contribution in [2.75, 3.05) is 18.4 Å². The molecule has 0 unspecified atom stereocenters. The number of rotatable bonds is 8. The van der Waals surface area contributed by atoms with E-state index in [-0.39, 0.29) is 13.4 Å². The van der Waals surface area contributed by atoms with Crippen LogP contribution in [0.4, 0.5) is 5.82 Å². The Hall–Kier alpha value is -3.65. The first kappa shape index (κ1) is 29.4. The summed E-state index contributed by atoms with van der Waals surface area (Å²) in [6.07, 6.45) is 3.97. The molecule has 3 aromatic rings. The molecular weight excluding hydrogens is 436 g/mol. The second-order valence-corrected chi connectivity index (χ2v) is 7.99. The van der Waals surface area contributed by atoms with Gasteiger partial charge in [0.1, 0.15) is 0 Å². The van der Waals surface area contributed by atoms with Crippen LogP contribution in [-0.4, -0.2) is 34.8 Å². The predicted molar refractivity (Wildman–Crippen MR) is 149 cm³/mol. The number of benzene rings is 2. The van der Waals surface area contributed by atoms with Crippen LogP contribution in [0.1, 0.15) is 49.2 Å². The fourth-order valence-corrected chi connectivity index (χ4v) is 3.31. The number of nitrogen functional groups attached to an aromatic ring is 1. The number of hydrogen-bond donors (Lipinski definition) is 5. The molecule has 0 radical (unpaired) electrons. The van der Waals surface area contributed by atoms with Crippen LogP contribution in [0.2, 0.25) is 0 Å². The largest absolute Gasteiger partial charge is 0.370 e. The van der Waals surface area contributed by atoms with Gasteiger partial charge in [0.05, 0.1) is 0 Å². The van der Waals surface area contributed by atoms with Crippen LogP contribution < -0.4 is 22.5 Å². The molecule has 2 aromatic carbocycles. The van der Waals surface area contributed by atoms with E-state index in [1.165, 1.54) is 26.9 Å². The lowest BCUT2D eigenvalue weighted by atomic mass is 10.1. The first-order valence-electron chi connectivity index (χ1n) is 11.7. The molecule has 8 heteroatoms. The molecule has 0 atom stereocenters. The van der Waals surface area contributed by atoms with Crippen molar-refractivity contribution in [2.45, 2.75) is 53.9 Å². The SMILES string of the molecule is C.CCc1ccc(CCN)cc1.CCc1ccc(CCN=C(N)Nc2cc(C)n(C(=N)N)n2)cc1. The van der Waals surface area contributed by atoms with Crippen LogP contribution in [0.5, 0.6) is 0 Å². The van der Waals surface area contributed by atoms with Gasteiger partial charge >= 0.3 is 0 Å². The molecule has 0 aliphatic heterocycles. The predicted octanol–water partition coefficient (Wildman–Crippen LogP) is 3.85. The van der Waals surface area contributed by atoms with Crippen LogP contribution in [0.15, 0.2) is 59.6 Å². The summed E-state index contributed by atoms with van der Waals surface area (Å²) in [4.78, 5) is 4.29. The number of aliphatic imine (C=N–C) groups is 1. The summed E-state index contributed by atoms with van der Waals surface area (Å²) in [5.74, 6) is 0.677. The van der Waals surface area contributed by atoms with Gasteiger partial charge in [-0.25, -0.2) is 4.68 Å². The minimum absolute atomic E-state index is 0. The van der Waals surface area contributed by atoms with E-state index in [9.17, 15) is 0 Å². The molecule has 35 heavy (non-hydrogen) atoms. The van der Waals surface area contributed by atoms with Gasteiger partial charge < -0.3 is 22.5 Å². The Labute approximate surface area is 210 Å². The highest BCUT2D eigenvalue weighted by Crippen LogP contribution is 2.08. The van der Waals surface area contributed by atoms with E-state index >= 15 is 0 Å². The molecule has 0 bridgehead atoms. The normalized spacial score (nSPS) is 10.7. The highest BCUT2D eigenvalue weighted by Gasteiger charge is 2.06. The van der Waals surface area contributed by atoms with Crippen LogP contribution in [0.3, 0.4) is 0 Å². The molecule has 0 aliphatic rings. The second-order valence-electron chi connectivity index (χ2n) is 7.99. The average molecular weight is 479 g/mol. The lowest BCUT2D eigenvalue weighted by Crippen LogP contribution is -2.25. The Morgan fingerprint density at radius 1 is 0.914 bits per heavy atom. The molecule has 0 saturated heterocycles. The van der Waals surface area contributed by atoms with Crippen LogP contribution in [0.25, 0.3) is 0 Å². The molecule has 0 spiro atoms. The highest BCUT2D eigenvalue weighted by atomic mass is 15.4. The monoisotopic (exact) mass is 478 g/mol. The molecule has 0 aliphatic carbocycles. The molecule has 0 amide bonds. The third-order valence-corrected chi connectivity index (χ3v) is 5.35. The van der Waals surface area contributed by atoms with Crippen molar-refractivity contribution >= 4 is 17.7 Å². The fraction of sp³-hybridized carbons (Fsp3) is 0.370. The standard InChI is InChI=1S/C16H23N7.C10H15N.CH4/c1-3-12-4-6-13(7-5-12)8-9-20-16(19)21-14-10-11(2)23(22-14)15(17)18;1-2-9-3-5-10(6-4-9)7-8-11;/h4-7,10H,3,8-9H2,1-2H3,(H3,17,18)(H3,19,20,21,22);3-6H,2,7-8,11H2,1H3;1H4. The van der Waals surface area contributed by atoms with Gasteiger partial charge in [-0.05, 0) is 61.4 Å². The number of guanidine groups is 1. The lowest BCUT2D eigenvalue weighted by molar-refractivity contribution is 0.881. The highest BCUT2D eigenvalue weighted by molar-refractivity contribution is 5.91. The maximum atomic E-state index is 7.40. The number of nitrogens with zero attached hydrogens (tertiary/aromatic N) is 3. The van der Waals surface area contributed by atoms with E-state index in [4.69, 9.17) is 22.6 Å². The van der Waals surface area contributed by atoms with Crippen molar-refractivity contribution in [2.24, 2.45) is 22.2 Å². The van der Waals surface area contributed by atoms with E-state index in [0.29, 0.717) is 18.3 Å². The van der Waals surface area contributed by atoms with Crippen molar-refractivity contribution in [3.8, 4) is 0 Å². The maximum absolute atomic E-state index is 7.40. The summed E-state index contributed by atoms with van der Waals surface area (Å²) in [5, 5.41) is 14.4. The lowest BCUT2D eigenvalue weighted by Gasteiger charge is -2.03. The summed E-state index contributed by atoms with van der Waals surface area (Å²) in [6, 6.07) is 18.9. The van der Waals surface area contributed by atoms with Crippen molar-refractivity contribution in [3.05, 3.63) is 82.5 Å². The van der Waals surface area contributed by atoms with Gasteiger partial charge in [0.25, 0.3) is 0 Å². The van der Waals surface area contributed by atoms with Gasteiger partial charge in [0.2, 0.25) is 5.96 Å². The van der Waals surface area contributed by atoms with Crippen LogP contribution in [-0.2, 0) is 25.7 Å². The van der Waals surface area contributed by atoms with E-state index in [1.807, 2.05) is 6.92 Å². The minimum atomic E-state index is -0.137. The van der Waals surface area contributed by atoms with Crippen molar-refractivity contribution in [3.63, 3.8) is 0 Å². The van der Waals surface area contributed by atoms with Crippen molar-refractivity contribution in [1.29, 1.82) is 5.41 Å². The van der Waals surface area contributed by atoms with Crippen molar-refractivity contribution < 1.29 is 0 Å². The third-order valence-electron chi connectivity index (χ3n) is 5.35. The van der Waals surface area contributed by atoms with Gasteiger partial charge in [-0.2, -0.15) is 0 Å². The Bertz CT molecular complexity index is 1050. The second kappa shape index (κ2) is 15.3. The Balaban J connectivity index is 0.000000430. The van der Waals surface area contributed by atoms with E-state index in [1.54, 1.807) is 6.07 Å². The number of aromatic nitrogens is 2. The topological polar surface area (TPSA) is 144 Å². The third kappa shape index (κ3) is 10.0. The van der Waals surface area contributed by atoms with Gasteiger partial charge in [0.15, 0.2) is 11.8 Å². The van der Waals surface area contributed by atoms with E-state index < -0.39 is 0 Å². The zero-order valence-corrected chi connectivity index (χ0v) is 20.5. The number of nitrogens with one attached hydrogen (secondary N) is 2. The maximum Gasteiger partial charge on any atom is 0.213 e. The molecule has 8 N–H and O–H groups in total. The first-order valence-corrected chi connectivity index (χ1v) is 11.7. The first-order chi connectivity index (χ1) is 16.4. The summed E-state index contributed by atoms with van der Waals surface area (Å²) in [6.45, 7) is 7.45. The Kier molecular flexibility index (Phi) is 12.8. The van der Waals surface area contributed by atoms with Gasteiger partial charge in [0, 0.05) is 18.3 Å². The van der Waals surface area contributed by atoms with E-state index in [0.717, 1.165) is 37.9 Å². The van der Waals surface area contributed by atoms with Crippen LogP contribution in [0, 0.1) is 12.3 Å². The zero-order chi connectivity index (χ0) is 24.9. The Morgan fingerprint density at radius 3 is 1.83 bits per heavy atom. The summed E-state index contributed by atoms with van der Waals surface area (Å²) in [7, 11) is 0. The quantitative estimate of drug-likeness (QED) is 0.247. The fourth-order valence-electron chi connectivity index (χ4n) is 3.31. The summed E-state index contributed by atoms with van der Waals surface area (Å²) >= 11 is 0. The molecular formula is C27H42N8. The number of aryl methyl sites for hydroxylation is 3. The number of nitrogens with two attached hydrogens (primary N) is 3. The van der Waals surface area contributed by atoms with Crippen LogP contribution >= 0.6 is 0 Å². The van der Waals surface area contributed by atoms with Crippen molar-refractivity contribution in [1.82, 2.24) is 9.78 Å². The Morgan fingerprint density at radius 2 is 1.40 bits per heavy atom. The molecule has 0 saturated carbocycles. The zero-order valence-electron chi connectivity index (χ0n) is 20.5. The molecule has 8 nitrogen and oxygen atoms in total. The van der Waals surface area contributed by atoms with E-state index in [2.05, 4.69) is 77.8 Å². The summed E-state index contributed by atoms with van der Waals surface area (Å²) < 4.78 is 1.32. The molecule has 3 rings (SSSR count). The summed E-state index contributed by atoms with van der Waals surface area (Å²) in [5.41, 5.74) is 22.8. The van der Waals surface area contributed by atoms with Gasteiger partial charge in [-0.3, -0.25) is 10.4 Å². The number of hydrogen-bond acceptors (Lipinski definition) is 4. The minimum Gasteiger partial charge on any atom is -0.370 e. The average Bonchev–Trinajstić information content (AvgIpc) is 3.20.